The van der Waals surface area contributed by atoms with Crippen LogP contribution in [-0.2, 0) is 26.6 Å². The Kier molecular flexibility index (Phi) is 42.8. The van der Waals surface area contributed by atoms with Gasteiger partial charge in [0.15, 0.2) is 0 Å². The fourth-order valence-electron chi connectivity index (χ4n) is 1.12. The van der Waals surface area contributed by atoms with Crippen LogP contribution in [0.2, 0.25) is 0 Å². The summed E-state index contributed by atoms with van der Waals surface area (Å²) in [6, 6.07) is 0. The van der Waals surface area contributed by atoms with Gasteiger partial charge in [0.2, 0.25) is 0 Å². The summed E-state index contributed by atoms with van der Waals surface area (Å²) in [5.41, 5.74) is 0. The minimum absolute atomic E-state index is 0.139. The molecule has 0 unspecified atom stereocenters. The largest absolute Gasteiger partial charge is 0.395 e. The van der Waals surface area contributed by atoms with Crippen molar-refractivity contribution < 1.29 is 47.0 Å². The van der Waals surface area contributed by atoms with Gasteiger partial charge in [-0.1, -0.05) is 0 Å². The molecule has 0 aromatic heterocycles. The van der Waals surface area contributed by atoms with Crippen LogP contribution in [-0.4, -0.2) is 86.2 Å². The van der Waals surface area contributed by atoms with Gasteiger partial charge in [0.1, 0.15) is 0 Å². The molecule has 0 rings (SSSR count). The molecule has 0 aromatic rings. The summed E-state index contributed by atoms with van der Waals surface area (Å²) in [6.45, 7) is 8.95. The van der Waals surface area contributed by atoms with Gasteiger partial charge < -0.3 is 31.1 Å². The molecule has 6 N–H and O–H groups in total. The molecule has 0 aliphatic rings. The number of nitrogens with one attached hydrogen (secondary N) is 2. The number of unbranched alkanes of at least 4 members (excludes halogenated alkanes) is 2. The van der Waals surface area contributed by atoms with Crippen molar-refractivity contribution in [3.63, 3.8) is 0 Å². The van der Waals surface area contributed by atoms with Gasteiger partial charge >= 0.3 is 79.3 Å². The molecule has 0 radical (unpaired) electrons. The zero-order valence-electron chi connectivity index (χ0n) is 16.0. The summed E-state index contributed by atoms with van der Waals surface area (Å²) in [6.07, 6.45) is 4.75. The van der Waals surface area contributed by atoms with Crippen LogP contribution in [0.3, 0.4) is 0 Å². The molecule has 25 heavy (non-hydrogen) atoms. The first-order valence-electron chi connectivity index (χ1n) is 9.08. The van der Waals surface area contributed by atoms with Crippen molar-refractivity contribution in [2.45, 2.75) is 39.5 Å². The van der Waals surface area contributed by atoms with Gasteiger partial charge in [0.25, 0.3) is 0 Å². The van der Waals surface area contributed by atoms with E-state index in [1.54, 1.807) is 0 Å². The molecule has 0 heterocycles. The fourth-order valence-corrected chi connectivity index (χ4v) is 1.97. The van der Waals surface area contributed by atoms with Crippen molar-refractivity contribution in [1.82, 2.24) is 10.6 Å². The van der Waals surface area contributed by atoms with Crippen molar-refractivity contribution in [2.75, 3.05) is 65.8 Å². The molecule has 0 amide bonds. The average molecular weight is 404 g/mol. The summed E-state index contributed by atoms with van der Waals surface area (Å²) >= 11 is -0.519. The Balaban J connectivity index is -0.000000304. The molecule has 0 aliphatic heterocycles. The standard InChI is InChI=1S/2C4H11NO2.2C4H9O.Ti/c2*6-3-1-5-2-4-7;2*1-2-3-4-5;/h2*5-7H,1-4H2;2*2-4H2,1H3;/q;;2*-1;+2. The Bertz CT molecular complexity index is 170. The number of aliphatic hydroxyl groups is 4. The number of hydrogen-bond acceptors (Lipinski definition) is 8. The number of aliphatic hydroxyl groups excluding tert-OH is 4. The van der Waals surface area contributed by atoms with E-state index in [1.807, 2.05) is 0 Å². The minimum atomic E-state index is -0.519. The zero-order chi connectivity index (χ0) is 19.4. The summed E-state index contributed by atoms with van der Waals surface area (Å²) < 4.78 is 10.6. The molecular weight excluding hydrogens is 364 g/mol. The van der Waals surface area contributed by atoms with Crippen LogP contribution >= 0.6 is 0 Å². The van der Waals surface area contributed by atoms with Crippen molar-refractivity contribution in [1.29, 1.82) is 0 Å². The Morgan fingerprint density at radius 2 is 0.960 bits per heavy atom. The van der Waals surface area contributed by atoms with Gasteiger partial charge in [-0.3, -0.25) is 0 Å². The molecule has 0 aromatic carbocycles. The molecule has 8 nitrogen and oxygen atoms in total. The van der Waals surface area contributed by atoms with E-state index in [1.165, 1.54) is 25.7 Å². The molecular formula is C16H40N2O6Ti. The molecule has 0 fully saturated rings. The average Bonchev–Trinajstić information content (AvgIpc) is 2.63. The van der Waals surface area contributed by atoms with E-state index in [-0.39, 0.29) is 26.4 Å². The summed E-state index contributed by atoms with van der Waals surface area (Å²) in [5, 5.41) is 38.2. The second kappa shape index (κ2) is 35.5. The Hall–Kier alpha value is 0.394. The van der Waals surface area contributed by atoms with Crippen LogP contribution in [0.1, 0.15) is 39.5 Å². The maximum atomic E-state index is 8.15. The first-order chi connectivity index (χ1) is 12.2. The third-order valence-corrected chi connectivity index (χ3v) is 3.48. The Morgan fingerprint density at radius 3 is 1.20 bits per heavy atom. The summed E-state index contributed by atoms with van der Waals surface area (Å²) in [5.74, 6) is 0. The van der Waals surface area contributed by atoms with Crippen molar-refractivity contribution >= 4 is 0 Å². The Morgan fingerprint density at radius 1 is 0.640 bits per heavy atom. The van der Waals surface area contributed by atoms with Crippen LogP contribution in [0, 0.1) is 0 Å². The van der Waals surface area contributed by atoms with Gasteiger partial charge in [0.05, 0.1) is 26.4 Å². The second-order valence-electron chi connectivity index (χ2n) is 4.88. The third-order valence-electron chi connectivity index (χ3n) is 2.47. The van der Waals surface area contributed by atoms with Crippen LogP contribution in [0.5, 0.6) is 0 Å². The van der Waals surface area contributed by atoms with E-state index in [4.69, 9.17) is 27.1 Å². The van der Waals surface area contributed by atoms with E-state index in [0.29, 0.717) is 26.2 Å². The maximum Gasteiger partial charge on any atom is 0.0555 e. The van der Waals surface area contributed by atoms with E-state index in [0.717, 1.165) is 13.2 Å². The first kappa shape index (κ1) is 30.1. The van der Waals surface area contributed by atoms with E-state index in [9.17, 15) is 0 Å². The minimum Gasteiger partial charge on any atom is -0.395 e. The van der Waals surface area contributed by atoms with E-state index in [2.05, 4.69) is 24.5 Å². The predicted molar refractivity (Wildman–Crippen MR) is 95.8 cm³/mol. The van der Waals surface area contributed by atoms with Crippen LogP contribution in [0.15, 0.2) is 0 Å². The molecule has 0 bridgehead atoms. The molecule has 9 heteroatoms. The first-order valence-corrected chi connectivity index (χ1v) is 10.4. The normalized spacial score (nSPS) is 9.68. The van der Waals surface area contributed by atoms with Crippen molar-refractivity contribution in [3.8, 4) is 0 Å². The summed E-state index contributed by atoms with van der Waals surface area (Å²) in [7, 11) is 0. The smallest absolute Gasteiger partial charge is 0.0555 e. The van der Waals surface area contributed by atoms with Gasteiger partial charge in [-0.2, -0.15) is 0 Å². The monoisotopic (exact) mass is 404 g/mol. The topological polar surface area (TPSA) is 123 Å². The molecule has 0 aliphatic carbocycles. The van der Waals surface area contributed by atoms with Crippen molar-refractivity contribution in [2.24, 2.45) is 0 Å². The van der Waals surface area contributed by atoms with Crippen molar-refractivity contribution in [3.05, 3.63) is 0 Å². The molecule has 154 valence electrons. The summed E-state index contributed by atoms with van der Waals surface area (Å²) in [4.78, 5) is 0. The van der Waals surface area contributed by atoms with E-state index >= 15 is 0 Å². The number of rotatable bonds is 16. The quantitative estimate of drug-likeness (QED) is 0.153. The van der Waals surface area contributed by atoms with Crippen LogP contribution < -0.4 is 10.6 Å². The molecule has 0 saturated heterocycles. The van der Waals surface area contributed by atoms with E-state index < -0.39 is 19.9 Å². The molecule has 0 spiro atoms. The fraction of sp³-hybridized carbons (Fsp3) is 1.00. The SMILES string of the molecule is CCCC[O][Ti][O]CCCC.OCCNCCO.OCCNCCO. The second-order valence-corrected chi connectivity index (χ2v) is 6.04. The van der Waals surface area contributed by atoms with Gasteiger partial charge in [-0.25, -0.2) is 0 Å². The van der Waals surface area contributed by atoms with Crippen LogP contribution in [0.4, 0.5) is 0 Å². The number of hydrogen-bond donors (Lipinski definition) is 6. The predicted octanol–water partition coefficient (Wildman–Crippen LogP) is -0.346. The third kappa shape index (κ3) is 45.5. The van der Waals surface area contributed by atoms with Gasteiger partial charge in [0, 0.05) is 26.2 Å². The zero-order valence-corrected chi connectivity index (χ0v) is 17.6. The molecule has 0 saturated carbocycles. The Labute approximate surface area is 163 Å². The maximum absolute atomic E-state index is 8.15. The van der Waals surface area contributed by atoms with Crippen LogP contribution in [0.25, 0.3) is 0 Å². The van der Waals surface area contributed by atoms with Gasteiger partial charge in [-0.15, -0.1) is 0 Å². The van der Waals surface area contributed by atoms with Gasteiger partial charge in [-0.05, 0) is 0 Å². The molecule has 0 atom stereocenters.